The summed E-state index contributed by atoms with van der Waals surface area (Å²) in [5.74, 6) is 0.562. The third-order valence-corrected chi connectivity index (χ3v) is 5.95. The summed E-state index contributed by atoms with van der Waals surface area (Å²) in [6.45, 7) is 5.36. The number of carbonyl (C=O) groups is 1. The van der Waals surface area contributed by atoms with Gasteiger partial charge < -0.3 is 9.30 Å². The first-order valence-corrected chi connectivity index (χ1v) is 11.1. The van der Waals surface area contributed by atoms with Crippen molar-refractivity contribution in [1.29, 1.82) is 0 Å². The Morgan fingerprint density at radius 3 is 2.64 bits per heavy atom. The highest BCUT2D eigenvalue weighted by Gasteiger charge is 2.08. The lowest BCUT2D eigenvalue weighted by Crippen LogP contribution is -2.17. The summed E-state index contributed by atoms with van der Waals surface area (Å²) in [4.78, 5) is 16.1. The summed E-state index contributed by atoms with van der Waals surface area (Å²) in [6.07, 6.45) is 7.71. The number of ether oxygens (including phenoxy) is 1. The van der Waals surface area contributed by atoms with E-state index in [1.165, 1.54) is 0 Å². The van der Waals surface area contributed by atoms with Crippen molar-refractivity contribution < 1.29 is 9.53 Å². The highest BCUT2D eigenvalue weighted by Crippen LogP contribution is 2.26. The minimum absolute atomic E-state index is 0.276. The third-order valence-electron chi connectivity index (χ3n) is 5.35. The highest BCUT2D eigenvalue weighted by molar-refractivity contribution is 6.32. The Morgan fingerprint density at radius 1 is 1.15 bits per heavy atom. The van der Waals surface area contributed by atoms with Gasteiger partial charge in [-0.25, -0.2) is 5.43 Å². The molecule has 0 bridgehead atoms. The number of rotatable bonds is 8. The quantitative estimate of drug-likeness (QED) is 0.213. The fourth-order valence-electron chi connectivity index (χ4n) is 3.71. The minimum Gasteiger partial charge on any atom is -0.494 e. The molecule has 0 aliphatic carbocycles. The number of aryl methyl sites for hydroxylation is 3. The topological polar surface area (TPSA) is 68.5 Å². The van der Waals surface area contributed by atoms with Gasteiger partial charge in [0.15, 0.2) is 0 Å². The van der Waals surface area contributed by atoms with Crippen LogP contribution in [0.5, 0.6) is 5.75 Å². The van der Waals surface area contributed by atoms with Gasteiger partial charge in [-0.1, -0.05) is 29.8 Å². The van der Waals surface area contributed by atoms with E-state index in [-0.39, 0.29) is 5.91 Å². The second-order valence-electron chi connectivity index (χ2n) is 7.80. The first kappa shape index (κ1) is 22.6. The van der Waals surface area contributed by atoms with Crippen molar-refractivity contribution in [3.63, 3.8) is 0 Å². The molecule has 0 aliphatic rings. The monoisotopic (exact) mass is 460 g/mol. The maximum absolute atomic E-state index is 12.2. The zero-order chi connectivity index (χ0) is 23.2. The summed E-state index contributed by atoms with van der Waals surface area (Å²) in [7, 11) is 0. The lowest BCUT2D eigenvalue weighted by atomic mass is 10.1. The van der Waals surface area contributed by atoms with Crippen LogP contribution in [0, 0.1) is 13.8 Å². The molecule has 168 valence electrons. The van der Waals surface area contributed by atoms with Gasteiger partial charge in [0.1, 0.15) is 5.75 Å². The van der Waals surface area contributed by atoms with Crippen LogP contribution >= 0.6 is 11.6 Å². The Morgan fingerprint density at radius 2 is 1.88 bits per heavy atom. The molecule has 6 nitrogen and oxygen atoms in total. The predicted octanol–water partition coefficient (Wildman–Crippen LogP) is 5.54. The Labute approximate surface area is 197 Å². The van der Waals surface area contributed by atoms with E-state index >= 15 is 0 Å². The number of hydrogen-bond donors (Lipinski definition) is 1. The van der Waals surface area contributed by atoms with E-state index in [1.807, 2.05) is 50.4 Å². The molecule has 0 fully saturated rings. The second kappa shape index (κ2) is 10.3. The van der Waals surface area contributed by atoms with E-state index in [0.717, 1.165) is 51.3 Å². The van der Waals surface area contributed by atoms with Gasteiger partial charge in [-0.3, -0.25) is 9.78 Å². The van der Waals surface area contributed by atoms with Crippen molar-refractivity contribution in [2.24, 2.45) is 5.10 Å². The zero-order valence-corrected chi connectivity index (χ0v) is 19.3. The average Bonchev–Trinajstić information content (AvgIpc) is 3.18. The normalized spacial score (nSPS) is 11.2. The lowest BCUT2D eigenvalue weighted by Gasteiger charge is -2.10. The summed E-state index contributed by atoms with van der Waals surface area (Å²) in [5, 5.41) is 6.01. The van der Waals surface area contributed by atoms with Crippen LogP contribution in [-0.2, 0) is 6.54 Å². The molecular formula is C26H25ClN4O2. The van der Waals surface area contributed by atoms with Crippen LogP contribution in [0.4, 0.5) is 0 Å². The van der Waals surface area contributed by atoms with Gasteiger partial charge in [-0.2, -0.15) is 5.10 Å². The van der Waals surface area contributed by atoms with E-state index in [2.05, 4.69) is 26.1 Å². The Hall–Kier alpha value is -3.64. The van der Waals surface area contributed by atoms with Gasteiger partial charge >= 0.3 is 0 Å². The predicted molar refractivity (Wildman–Crippen MR) is 132 cm³/mol. The van der Waals surface area contributed by atoms with E-state index in [4.69, 9.17) is 16.3 Å². The SMILES string of the molecule is Cc1cc(OCCCn2cc(/C=N/NC(=O)c3ccncc3)c3ccccc32)cc(C)c1Cl. The van der Waals surface area contributed by atoms with Gasteiger partial charge in [0.05, 0.1) is 12.8 Å². The average molecular weight is 461 g/mol. The number of hydrogen-bond acceptors (Lipinski definition) is 4. The van der Waals surface area contributed by atoms with Crippen molar-refractivity contribution in [2.45, 2.75) is 26.8 Å². The minimum atomic E-state index is -0.276. The van der Waals surface area contributed by atoms with Crippen LogP contribution in [0.1, 0.15) is 33.5 Å². The van der Waals surface area contributed by atoms with Gasteiger partial charge in [0.2, 0.25) is 0 Å². The molecule has 0 spiro atoms. The molecule has 4 rings (SSSR count). The van der Waals surface area contributed by atoms with E-state index < -0.39 is 0 Å². The summed E-state index contributed by atoms with van der Waals surface area (Å²) in [6, 6.07) is 15.4. The number of halogens is 1. The first-order chi connectivity index (χ1) is 16.0. The number of pyridine rings is 1. The van der Waals surface area contributed by atoms with Gasteiger partial charge in [0, 0.05) is 52.2 Å². The van der Waals surface area contributed by atoms with Crippen molar-refractivity contribution >= 4 is 34.6 Å². The maximum Gasteiger partial charge on any atom is 0.271 e. The smallest absolute Gasteiger partial charge is 0.271 e. The molecule has 2 aromatic carbocycles. The molecule has 1 N–H and O–H groups in total. The first-order valence-electron chi connectivity index (χ1n) is 10.7. The van der Waals surface area contributed by atoms with Crippen LogP contribution < -0.4 is 10.2 Å². The second-order valence-corrected chi connectivity index (χ2v) is 8.18. The molecule has 4 aromatic rings. The van der Waals surface area contributed by atoms with Crippen LogP contribution in [0.2, 0.25) is 5.02 Å². The van der Waals surface area contributed by atoms with E-state index in [9.17, 15) is 4.79 Å². The maximum atomic E-state index is 12.2. The fraction of sp³-hybridized carbons (Fsp3) is 0.192. The molecule has 0 atom stereocenters. The number of nitrogens with zero attached hydrogens (tertiary/aromatic N) is 3. The number of hydrazone groups is 1. The molecule has 1 amide bonds. The van der Waals surface area contributed by atoms with Gasteiger partial charge in [0.25, 0.3) is 5.91 Å². The number of nitrogens with one attached hydrogen (secondary N) is 1. The fourth-order valence-corrected chi connectivity index (χ4v) is 3.81. The number of fused-ring (bicyclic) bond motifs is 1. The number of benzene rings is 2. The summed E-state index contributed by atoms with van der Waals surface area (Å²) < 4.78 is 8.13. The number of carbonyl (C=O) groups excluding carboxylic acids is 1. The van der Waals surface area contributed by atoms with Crippen LogP contribution in [0.3, 0.4) is 0 Å². The third kappa shape index (κ3) is 5.41. The van der Waals surface area contributed by atoms with Crippen LogP contribution in [0.15, 0.2) is 72.2 Å². The van der Waals surface area contributed by atoms with E-state index in [1.54, 1.807) is 30.7 Å². The number of para-hydroxylation sites is 1. The van der Waals surface area contributed by atoms with Gasteiger partial charge in [-0.15, -0.1) is 0 Å². The van der Waals surface area contributed by atoms with Crippen LogP contribution in [-0.4, -0.2) is 28.3 Å². The molecule has 0 saturated carbocycles. The lowest BCUT2D eigenvalue weighted by molar-refractivity contribution is 0.0955. The van der Waals surface area contributed by atoms with Crippen molar-refractivity contribution in [3.8, 4) is 5.75 Å². The largest absolute Gasteiger partial charge is 0.494 e. The molecule has 2 heterocycles. The number of aromatic nitrogens is 2. The molecule has 0 unspecified atom stereocenters. The van der Waals surface area contributed by atoms with Crippen LogP contribution in [0.25, 0.3) is 10.9 Å². The van der Waals surface area contributed by atoms with Crippen molar-refractivity contribution in [2.75, 3.05) is 6.61 Å². The molecule has 7 heteroatoms. The van der Waals surface area contributed by atoms with Gasteiger partial charge in [-0.05, 0) is 61.7 Å². The standard InChI is InChI=1S/C26H25ClN4O2/c1-18-14-22(15-19(2)25(18)27)33-13-5-12-31-17-21(23-6-3-4-7-24(23)31)16-29-30-26(32)20-8-10-28-11-9-20/h3-4,6-11,14-17H,5,12-13H2,1-2H3,(H,30,32)/b29-16+. The molecule has 0 aliphatic heterocycles. The molecule has 0 saturated heterocycles. The Bertz CT molecular complexity index is 1280. The highest BCUT2D eigenvalue weighted by atomic mass is 35.5. The number of amides is 1. The Balaban J connectivity index is 1.40. The van der Waals surface area contributed by atoms with Crippen molar-refractivity contribution in [3.05, 3.63) is 94.4 Å². The summed E-state index contributed by atoms with van der Waals surface area (Å²) >= 11 is 6.24. The van der Waals surface area contributed by atoms with Crippen molar-refractivity contribution in [1.82, 2.24) is 15.0 Å². The molecule has 2 aromatic heterocycles. The zero-order valence-electron chi connectivity index (χ0n) is 18.6. The summed E-state index contributed by atoms with van der Waals surface area (Å²) in [5.41, 5.74) is 7.16. The molecule has 0 radical (unpaired) electrons. The molecule has 33 heavy (non-hydrogen) atoms. The molecular weight excluding hydrogens is 436 g/mol. The van der Waals surface area contributed by atoms with E-state index in [0.29, 0.717) is 12.2 Å². The Kier molecular flexibility index (Phi) is 7.05.